The second-order valence-electron chi connectivity index (χ2n) is 9.66. The van der Waals surface area contributed by atoms with Crippen LogP contribution in [-0.4, -0.2) is 49.1 Å². The molecule has 0 saturated heterocycles. The maximum absolute atomic E-state index is 15.7. The fourth-order valence-corrected chi connectivity index (χ4v) is 5.07. The number of aliphatic hydroxyl groups excluding tert-OH is 1. The monoisotopic (exact) mass is 480 g/mol. The molecule has 6 rings (SSSR count). The number of carbonyl (C=O) groups excluding carboxylic acids is 1. The van der Waals surface area contributed by atoms with Crippen molar-refractivity contribution in [3.05, 3.63) is 42.0 Å². The van der Waals surface area contributed by atoms with Crippen LogP contribution in [0.5, 0.6) is 0 Å². The summed E-state index contributed by atoms with van der Waals surface area (Å²) in [5, 5.41) is 28.1. The first kappa shape index (κ1) is 22.0. The summed E-state index contributed by atoms with van der Waals surface area (Å²) < 4.78 is 30.5. The number of amides is 1. The second kappa shape index (κ2) is 8.30. The molecule has 10 heteroatoms. The molecule has 1 aromatic carbocycles. The lowest BCUT2D eigenvalue weighted by molar-refractivity contribution is -0.117. The highest BCUT2D eigenvalue weighted by atomic mass is 19.1. The van der Waals surface area contributed by atoms with Crippen LogP contribution in [0.1, 0.15) is 37.7 Å². The number of aromatic amines is 1. The fourth-order valence-electron chi connectivity index (χ4n) is 5.07. The molecule has 4 N–H and O–H groups in total. The number of fused-ring (bicyclic) bond motifs is 2. The van der Waals surface area contributed by atoms with Crippen LogP contribution in [0.2, 0.25) is 0 Å². The number of halogens is 2. The van der Waals surface area contributed by atoms with Gasteiger partial charge in [0.25, 0.3) is 0 Å². The Balaban J connectivity index is 1.35. The van der Waals surface area contributed by atoms with Crippen molar-refractivity contribution in [1.82, 2.24) is 19.8 Å². The Hall–Kier alpha value is -3.53. The molecule has 0 radical (unpaired) electrons. The van der Waals surface area contributed by atoms with Gasteiger partial charge in [-0.05, 0) is 67.9 Å². The van der Waals surface area contributed by atoms with Crippen LogP contribution < -0.4 is 10.6 Å². The smallest absolute Gasteiger partial charge is 0.231 e. The zero-order valence-corrected chi connectivity index (χ0v) is 19.2. The van der Waals surface area contributed by atoms with Crippen molar-refractivity contribution in [3.8, 4) is 11.1 Å². The Morgan fingerprint density at radius 3 is 2.77 bits per heavy atom. The highest BCUT2D eigenvalue weighted by molar-refractivity contribution is 6.03. The van der Waals surface area contributed by atoms with E-state index in [0.29, 0.717) is 40.9 Å². The number of nitrogens with zero attached hydrogens (tertiary/aromatic N) is 3. The van der Waals surface area contributed by atoms with Crippen molar-refractivity contribution in [3.63, 3.8) is 0 Å². The molecule has 35 heavy (non-hydrogen) atoms. The normalized spacial score (nSPS) is 24.1. The number of nitrogens with one attached hydrogen (secondary N) is 3. The molecule has 4 aromatic rings. The molecule has 3 heterocycles. The number of alkyl halides is 1. The number of hydrogen-bond acceptors (Lipinski definition) is 5. The number of benzene rings is 1. The van der Waals surface area contributed by atoms with Crippen molar-refractivity contribution in [2.45, 2.75) is 57.3 Å². The number of pyridine rings is 1. The van der Waals surface area contributed by atoms with E-state index >= 15 is 4.39 Å². The Bertz CT molecular complexity index is 1440. The number of hydrogen-bond donors (Lipinski definition) is 4. The van der Waals surface area contributed by atoms with E-state index in [4.69, 9.17) is 0 Å². The molecule has 182 valence electrons. The molecule has 2 aliphatic rings. The maximum atomic E-state index is 15.7. The number of carbonyl (C=O) groups is 1. The van der Waals surface area contributed by atoms with Crippen LogP contribution in [0, 0.1) is 18.7 Å². The Kier molecular flexibility index (Phi) is 5.21. The largest absolute Gasteiger partial charge is 0.393 e. The molecule has 2 atom stereocenters. The van der Waals surface area contributed by atoms with Crippen molar-refractivity contribution in [2.75, 3.05) is 10.6 Å². The minimum absolute atomic E-state index is 0.0877. The zero-order valence-electron chi connectivity index (χ0n) is 19.2. The summed E-state index contributed by atoms with van der Waals surface area (Å²) in [6.45, 7) is 1.75. The van der Waals surface area contributed by atoms with Gasteiger partial charge in [-0.2, -0.15) is 10.2 Å². The van der Waals surface area contributed by atoms with E-state index in [1.807, 2.05) is 12.1 Å². The quantitative estimate of drug-likeness (QED) is 0.340. The lowest BCUT2D eigenvalue weighted by Crippen LogP contribution is -2.28. The van der Waals surface area contributed by atoms with Crippen molar-refractivity contribution in [1.29, 1.82) is 0 Å². The highest BCUT2D eigenvalue weighted by Crippen LogP contribution is 2.39. The van der Waals surface area contributed by atoms with Gasteiger partial charge >= 0.3 is 0 Å². The van der Waals surface area contributed by atoms with Gasteiger partial charge in [0.15, 0.2) is 11.6 Å². The van der Waals surface area contributed by atoms with E-state index in [1.165, 1.54) is 0 Å². The molecule has 0 bridgehead atoms. The van der Waals surface area contributed by atoms with Crippen LogP contribution in [0.3, 0.4) is 0 Å². The standard InChI is InChI=1S/C25H26F2N6O2/c1-12-21(13-6-7-33-15(8-13)9-20(32-33)30-25(35)17-10-19(17)26)18-11-28-31-23(18)24(22(12)27)29-14-2-4-16(34)5-3-14/h6-9,11,14,16-17,19,29,34H,2-5,10H2,1H3,(H,28,31)(H,30,32,35)/t14?,16?,17-,19+/m1/s1. The van der Waals surface area contributed by atoms with E-state index in [2.05, 4.69) is 25.9 Å². The summed E-state index contributed by atoms with van der Waals surface area (Å²) in [5.41, 5.74) is 3.73. The fraction of sp³-hybridized carbons (Fsp3) is 0.400. The Morgan fingerprint density at radius 2 is 2.03 bits per heavy atom. The van der Waals surface area contributed by atoms with Gasteiger partial charge in [-0.15, -0.1) is 0 Å². The predicted octanol–water partition coefficient (Wildman–Crippen LogP) is 4.34. The van der Waals surface area contributed by atoms with Crippen LogP contribution >= 0.6 is 0 Å². The summed E-state index contributed by atoms with van der Waals surface area (Å²) in [5.74, 6) is -0.954. The lowest BCUT2D eigenvalue weighted by atomic mass is 9.92. The van der Waals surface area contributed by atoms with Crippen molar-refractivity contribution in [2.24, 2.45) is 5.92 Å². The van der Waals surface area contributed by atoms with Gasteiger partial charge in [-0.25, -0.2) is 13.3 Å². The third kappa shape index (κ3) is 3.91. The van der Waals surface area contributed by atoms with Crippen LogP contribution in [0.15, 0.2) is 30.6 Å². The molecule has 8 nitrogen and oxygen atoms in total. The van der Waals surface area contributed by atoms with Gasteiger partial charge in [-0.3, -0.25) is 9.89 Å². The van der Waals surface area contributed by atoms with Crippen LogP contribution in [-0.2, 0) is 4.79 Å². The summed E-state index contributed by atoms with van der Waals surface area (Å²) >= 11 is 0. The summed E-state index contributed by atoms with van der Waals surface area (Å²) in [6.07, 6.45) is 5.30. The predicted molar refractivity (Wildman–Crippen MR) is 128 cm³/mol. The molecule has 0 spiro atoms. The van der Waals surface area contributed by atoms with Crippen LogP contribution in [0.4, 0.5) is 20.3 Å². The summed E-state index contributed by atoms with van der Waals surface area (Å²) in [6, 6.07) is 5.52. The minimum atomic E-state index is -1.07. The maximum Gasteiger partial charge on any atom is 0.231 e. The number of aliphatic hydroxyl groups is 1. The molecule has 3 aromatic heterocycles. The molecule has 2 aliphatic carbocycles. The second-order valence-corrected chi connectivity index (χ2v) is 9.66. The first-order valence-electron chi connectivity index (χ1n) is 11.9. The van der Waals surface area contributed by atoms with Crippen molar-refractivity contribution < 1.29 is 18.7 Å². The van der Waals surface area contributed by atoms with Gasteiger partial charge in [0.05, 0.1) is 34.9 Å². The number of aromatic nitrogens is 4. The van der Waals surface area contributed by atoms with E-state index < -0.39 is 12.1 Å². The number of rotatable bonds is 5. The zero-order chi connectivity index (χ0) is 24.3. The lowest BCUT2D eigenvalue weighted by Gasteiger charge is -2.28. The van der Waals surface area contributed by atoms with E-state index in [0.717, 1.165) is 29.4 Å². The van der Waals surface area contributed by atoms with Crippen LogP contribution in [0.25, 0.3) is 27.5 Å². The van der Waals surface area contributed by atoms with E-state index in [-0.39, 0.29) is 30.3 Å². The SMILES string of the molecule is Cc1c(F)c(NC2CCC(O)CC2)c2[nH]ncc2c1-c1ccn2nc(NC(=O)[C@@H]3C[C@@H]3F)cc2c1. The highest BCUT2D eigenvalue weighted by Gasteiger charge is 2.43. The van der Waals surface area contributed by atoms with E-state index in [9.17, 15) is 14.3 Å². The van der Waals surface area contributed by atoms with E-state index in [1.54, 1.807) is 29.9 Å². The summed E-state index contributed by atoms with van der Waals surface area (Å²) in [7, 11) is 0. The topological polar surface area (TPSA) is 107 Å². The van der Waals surface area contributed by atoms with Gasteiger partial charge in [0.2, 0.25) is 5.91 Å². The first-order chi connectivity index (χ1) is 16.9. The first-order valence-corrected chi connectivity index (χ1v) is 11.9. The minimum Gasteiger partial charge on any atom is -0.393 e. The molecule has 0 unspecified atom stereocenters. The van der Waals surface area contributed by atoms with Gasteiger partial charge < -0.3 is 15.7 Å². The van der Waals surface area contributed by atoms with Gasteiger partial charge in [0, 0.05) is 23.7 Å². The molecule has 2 saturated carbocycles. The Labute approximate surface area is 199 Å². The molecule has 1 amide bonds. The van der Waals surface area contributed by atoms with Gasteiger partial charge in [-0.1, -0.05) is 0 Å². The average molecular weight is 481 g/mol. The molecule has 0 aliphatic heterocycles. The number of H-pyrrole nitrogens is 1. The average Bonchev–Trinajstić information content (AvgIpc) is 3.20. The molecule has 2 fully saturated rings. The number of anilines is 2. The third-order valence-corrected chi connectivity index (χ3v) is 7.18. The van der Waals surface area contributed by atoms with Crippen molar-refractivity contribution >= 4 is 33.8 Å². The third-order valence-electron chi connectivity index (χ3n) is 7.18. The molecular weight excluding hydrogens is 454 g/mol. The molecular formula is C25H26F2N6O2. The Morgan fingerprint density at radius 1 is 1.26 bits per heavy atom. The summed E-state index contributed by atoms with van der Waals surface area (Å²) in [4.78, 5) is 12.1. The van der Waals surface area contributed by atoms with Gasteiger partial charge in [0.1, 0.15) is 6.17 Å².